The molecule has 0 aromatic rings. The van der Waals surface area contributed by atoms with Crippen molar-refractivity contribution in [1.29, 1.82) is 0 Å². The van der Waals surface area contributed by atoms with E-state index in [4.69, 9.17) is 22.9 Å². The number of carbonyl (C=O) groups excluding carboxylic acids is 8. The predicted octanol–water partition coefficient (Wildman–Crippen LogP) is -2.91. The molecule has 4 heterocycles. The third kappa shape index (κ3) is 16.5. The number of hydrogen-bond donors (Lipinski definition) is 11. The summed E-state index contributed by atoms with van der Waals surface area (Å²) in [6.07, 6.45) is 5.19. The van der Waals surface area contributed by atoms with Crippen LogP contribution in [0.5, 0.6) is 0 Å². The molecule has 4 aliphatic rings. The van der Waals surface area contributed by atoms with Crippen LogP contribution in [-0.2, 0) is 43.2 Å². The highest BCUT2D eigenvalue weighted by atomic mass is 16.4. The third-order valence-corrected chi connectivity index (χ3v) is 13.7. The Bertz CT molecular complexity index is 1860. The van der Waals surface area contributed by atoms with Crippen molar-refractivity contribution in [2.45, 2.75) is 185 Å². The summed E-state index contributed by atoms with van der Waals surface area (Å²) in [5.41, 5.74) is 23.0. The molecule has 9 atom stereocenters. The minimum absolute atomic E-state index is 0.0632. The van der Waals surface area contributed by atoms with Gasteiger partial charge >= 0.3 is 5.97 Å². The zero-order chi connectivity index (χ0) is 52.5. The first-order valence-electron chi connectivity index (χ1n) is 25.7. The molecular weight excluding hydrogens is 923 g/mol. The summed E-state index contributed by atoms with van der Waals surface area (Å²) in [7, 11) is 0. The second-order valence-corrected chi connectivity index (χ2v) is 20.3. The number of rotatable bonds is 27. The number of aliphatic hydroxyl groups excluding tert-OH is 1. The van der Waals surface area contributed by atoms with E-state index in [0.717, 1.165) is 0 Å². The maximum Gasteiger partial charge on any atom is 0.328 e. The van der Waals surface area contributed by atoms with Crippen LogP contribution in [0.4, 0.5) is 0 Å². The second kappa shape index (κ2) is 28.3. The number of carboxylic acids is 1. The Kier molecular flexibility index (Phi) is 23.3. The molecule has 0 radical (unpaired) electrons. The molecule has 4 saturated heterocycles. The van der Waals surface area contributed by atoms with E-state index in [-0.39, 0.29) is 63.7 Å². The van der Waals surface area contributed by atoms with Crippen molar-refractivity contribution in [1.82, 2.24) is 46.2 Å². The Morgan fingerprint density at radius 3 is 1.41 bits per heavy atom. The van der Waals surface area contributed by atoms with Gasteiger partial charge in [0, 0.05) is 26.2 Å². The van der Waals surface area contributed by atoms with Crippen LogP contribution in [0.2, 0.25) is 0 Å². The average molecular weight is 1010 g/mol. The highest BCUT2D eigenvalue weighted by molar-refractivity contribution is 5.98. The Balaban J connectivity index is 1.46. The van der Waals surface area contributed by atoms with Crippen molar-refractivity contribution in [2.24, 2.45) is 34.8 Å². The number of hydrogen-bond acceptors (Lipinski definition) is 15. The van der Waals surface area contributed by atoms with E-state index in [1.807, 2.05) is 27.7 Å². The lowest BCUT2D eigenvalue weighted by Gasteiger charge is -2.35. The molecule has 4 aliphatic heterocycles. The van der Waals surface area contributed by atoms with Gasteiger partial charge in [0.15, 0.2) is 0 Å². The van der Waals surface area contributed by atoms with Gasteiger partial charge in [0.1, 0.15) is 54.6 Å². The summed E-state index contributed by atoms with van der Waals surface area (Å²) in [5.74, 6) is -5.73. The molecule has 0 bridgehead atoms. The number of nitrogens with two attached hydrogens (primary N) is 4. The van der Waals surface area contributed by atoms with Crippen LogP contribution in [0.15, 0.2) is 0 Å². The molecule has 4 fully saturated rings. The van der Waals surface area contributed by atoms with Crippen molar-refractivity contribution >= 4 is 53.2 Å². The van der Waals surface area contributed by atoms with E-state index in [1.54, 1.807) is 0 Å². The molecule has 0 aliphatic carbocycles. The number of amides is 8. The van der Waals surface area contributed by atoms with Crippen LogP contribution >= 0.6 is 0 Å². The lowest BCUT2D eigenvalue weighted by molar-refractivity contribution is -0.149. The molecule has 24 heteroatoms. The molecule has 0 aromatic heterocycles. The van der Waals surface area contributed by atoms with Crippen molar-refractivity contribution in [2.75, 3.05) is 45.9 Å². The highest BCUT2D eigenvalue weighted by Crippen LogP contribution is 2.28. The van der Waals surface area contributed by atoms with Gasteiger partial charge in [-0.2, -0.15) is 0 Å². The molecule has 8 amide bonds. The number of nitrogens with one attached hydrogen (secondary N) is 5. The number of unbranched alkanes of at least 4 members (excludes halogenated alkanes) is 1. The van der Waals surface area contributed by atoms with Crippen LogP contribution in [0.3, 0.4) is 0 Å². The van der Waals surface area contributed by atoms with Crippen LogP contribution in [-0.4, -0.2) is 190 Å². The molecule has 4 rings (SSSR count). The number of likely N-dealkylation sites (tertiary alicyclic amines) is 4. The minimum Gasteiger partial charge on any atom is -0.480 e. The summed E-state index contributed by atoms with van der Waals surface area (Å²) in [6, 6.07) is -9.34. The Morgan fingerprint density at radius 1 is 0.549 bits per heavy atom. The van der Waals surface area contributed by atoms with E-state index in [2.05, 4.69) is 26.6 Å². The minimum atomic E-state index is -1.55. The van der Waals surface area contributed by atoms with Crippen molar-refractivity contribution in [3.8, 4) is 0 Å². The van der Waals surface area contributed by atoms with E-state index in [0.29, 0.717) is 83.7 Å². The van der Waals surface area contributed by atoms with Gasteiger partial charge in [-0.05, 0) is 115 Å². The van der Waals surface area contributed by atoms with Crippen LogP contribution < -0.4 is 49.5 Å². The van der Waals surface area contributed by atoms with Crippen molar-refractivity contribution in [3.63, 3.8) is 0 Å². The van der Waals surface area contributed by atoms with Crippen LogP contribution in [0, 0.1) is 11.8 Å². The first-order chi connectivity index (χ1) is 33.7. The van der Waals surface area contributed by atoms with Crippen LogP contribution in [0.1, 0.15) is 124 Å². The number of nitrogens with zero attached hydrogens (tertiary/aromatic N) is 4. The van der Waals surface area contributed by atoms with E-state index in [1.165, 1.54) is 19.6 Å². The molecule has 0 aromatic carbocycles. The molecule has 0 saturated carbocycles. The summed E-state index contributed by atoms with van der Waals surface area (Å²) in [4.78, 5) is 129. The lowest BCUT2D eigenvalue weighted by atomic mass is 10.0. The monoisotopic (exact) mass is 1010 g/mol. The Morgan fingerprint density at radius 2 is 0.972 bits per heavy atom. The molecule has 71 heavy (non-hydrogen) atoms. The fourth-order valence-electron chi connectivity index (χ4n) is 10.1. The van der Waals surface area contributed by atoms with E-state index < -0.39 is 120 Å². The van der Waals surface area contributed by atoms with Crippen molar-refractivity contribution < 1.29 is 53.4 Å². The Labute approximate surface area is 417 Å². The van der Waals surface area contributed by atoms with Crippen LogP contribution in [0.25, 0.3) is 0 Å². The van der Waals surface area contributed by atoms with E-state index in [9.17, 15) is 53.4 Å². The fraction of sp³-hybridized carbons (Fsp3) is 0.809. The molecule has 402 valence electrons. The third-order valence-electron chi connectivity index (χ3n) is 13.7. The highest BCUT2D eigenvalue weighted by Gasteiger charge is 2.46. The molecule has 15 N–H and O–H groups in total. The normalized spacial score (nSPS) is 22.4. The maximum absolute atomic E-state index is 14.6. The molecule has 0 spiro atoms. The van der Waals surface area contributed by atoms with Gasteiger partial charge in [0.05, 0.1) is 12.6 Å². The van der Waals surface area contributed by atoms with Gasteiger partial charge in [-0.25, -0.2) is 4.79 Å². The first kappa shape index (κ1) is 58.6. The van der Waals surface area contributed by atoms with Gasteiger partial charge in [-0.3, -0.25) is 43.7 Å². The number of carboxylic acid groups (broad SMARTS) is 1. The molecule has 0 unspecified atom stereocenters. The summed E-state index contributed by atoms with van der Waals surface area (Å²) >= 11 is 0. The first-order valence-corrected chi connectivity index (χ1v) is 25.7. The largest absolute Gasteiger partial charge is 0.480 e. The lowest BCUT2D eigenvalue weighted by Crippen LogP contribution is -2.60. The predicted molar refractivity (Wildman–Crippen MR) is 261 cm³/mol. The zero-order valence-corrected chi connectivity index (χ0v) is 42.2. The molecular formula is C47H83N13O11. The van der Waals surface area contributed by atoms with Gasteiger partial charge in [0.25, 0.3) is 0 Å². The topological polar surface area (TPSA) is 371 Å². The summed E-state index contributed by atoms with van der Waals surface area (Å²) in [6.45, 7) is 8.46. The smallest absolute Gasteiger partial charge is 0.328 e. The van der Waals surface area contributed by atoms with Gasteiger partial charge < -0.3 is 74.0 Å². The zero-order valence-electron chi connectivity index (χ0n) is 42.2. The van der Waals surface area contributed by atoms with Crippen molar-refractivity contribution in [3.05, 3.63) is 0 Å². The Hall–Kier alpha value is -5.01. The maximum atomic E-state index is 14.6. The number of aliphatic carboxylic acids is 1. The van der Waals surface area contributed by atoms with Gasteiger partial charge in [-0.1, -0.05) is 34.1 Å². The quantitative estimate of drug-likeness (QED) is 0.0290. The van der Waals surface area contributed by atoms with Gasteiger partial charge in [-0.15, -0.1) is 0 Å². The summed E-state index contributed by atoms with van der Waals surface area (Å²) in [5, 5.41) is 32.6. The fourth-order valence-corrected chi connectivity index (χ4v) is 10.1. The van der Waals surface area contributed by atoms with E-state index >= 15 is 0 Å². The second-order valence-electron chi connectivity index (χ2n) is 20.3. The van der Waals surface area contributed by atoms with Gasteiger partial charge in [0.2, 0.25) is 47.3 Å². The number of aliphatic hydroxyl groups is 1. The summed E-state index contributed by atoms with van der Waals surface area (Å²) < 4.78 is 0. The standard InChI is InChI=1S/C47H83N13O11/c1-27(2)24-31(43(67)58-21-9-15-35(58)41(65)56-33(26-61)46(70)71)54-40(64)36-16-10-22-59(36)45(69)37-17-11-23-60(37)44(68)32(25-28(3)4)55-39(63)34-14-8-20-57(34)42(66)30(13-7-19-52-47(50)51)53-38(62)29(49)12-5-6-18-48/h27-37,47,52,61H,5-26,48-51H2,1-4H3,(H,53,62)(H,54,64)(H,55,63)(H,56,65)(H,70,71)/t29-,30-,31-,32-,33-,34-,35-,36-,37-/m0/s1. The molecule has 24 nitrogen and oxygen atoms in total. The average Bonchev–Trinajstić information content (AvgIpc) is 4.17. The SMILES string of the molecule is CC(C)C[C@H](NC(=O)[C@@H]1CCCN1C(=O)[C@@H]1CCCN1C(=O)[C@H](CC(C)C)NC(=O)[C@@H]1CCCN1C(=O)[C@H](CCCNC(N)N)NC(=O)[C@@H](N)CCCCN)C(=O)N1CCC[C@H]1C(=O)N[C@@H](CO)C(=O)O. The number of carbonyl (C=O) groups is 9.